The van der Waals surface area contributed by atoms with E-state index in [4.69, 9.17) is 5.73 Å². The number of hydrogen-bond donors (Lipinski definition) is 2. The Balaban J connectivity index is 2.14. The first-order chi connectivity index (χ1) is 10.0. The molecule has 4 nitrogen and oxygen atoms in total. The fraction of sp³-hybridized carbons (Fsp3) is 0.500. The number of amides is 1. The molecule has 2 atom stereocenters. The van der Waals surface area contributed by atoms with Gasteiger partial charge in [-0.3, -0.25) is 4.79 Å². The average molecular weight is 302 g/mol. The van der Waals surface area contributed by atoms with Crippen LogP contribution in [0.25, 0.3) is 0 Å². The first kappa shape index (κ1) is 15.6. The van der Waals surface area contributed by atoms with E-state index in [1.165, 1.54) is 0 Å². The fourth-order valence-corrected chi connectivity index (χ4v) is 2.63. The molecule has 0 aromatic heterocycles. The third-order valence-electron chi connectivity index (χ3n) is 3.68. The van der Waals surface area contributed by atoms with Gasteiger partial charge in [0.2, 0.25) is 0 Å². The van der Waals surface area contributed by atoms with Crippen molar-refractivity contribution in [2.45, 2.75) is 31.9 Å². The molecule has 3 N–H and O–H groups in total. The summed E-state index contributed by atoms with van der Waals surface area (Å²) in [6.45, 7) is -2.67. The molecule has 0 spiro atoms. The zero-order valence-corrected chi connectivity index (χ0v) is 11.3. The van der Waals surface area contributed by atoms with Gasteiger partial charge < -0.3 is 15.8 Å². The summed E-state index contributed by atoms with van der Waals surface area (Å²) < 4.78 is 42.0. The minimum atomic E-state index is -3.12. The largest absolute Gasteiger partial charge is 0.434 e. The summed E-state index contributed by atoms with van der Waals surface area (Å²) in [5, 5.41) is 2.76. The first-order valence-electron chi connectivity index (χ1n) is 6.76. The molecule has 1 amide bonds. The van der Waals surface area contributed by atoms with Crippen LogP contribution in [0.3, 0.4) is 0 Å². The summed E-state index contributed by atoms with van der Waals surface area (Å²) in [6.07, 6.45) is 2.67. The summed E-state index contributed by atoms with van der Waals surface area (Å²) in [7, 11) is 0. The number of nitrogens with two attached hydrogens (primary N) is 1. The van der Waals surface area contributed by atoms with Crippen LogP contribution < -0.4 is 15.8 Å². The van der Waals surface area contributed by atoms with Crippen molar-refractivity contribution in [1.29, 1.82) is 0 Å². The van der Waals surface area contributed by atoms with E-state index in [0.29, 0.717) is 6.54 Å². The summed E-state index contributed by atoms with van der Waals surface area (Å²) >= 11 is 0. The van der Waals surface area contributed by atoms with Gasteiger partial charge in [0.15, 0.2) is 0 Å². The van der Waals surface area contributed by atoms with Crippen molar-refractivity contribution in [2.75, 3.05) is 6.54 Å². The summed E-state index contributed by atoms with van der Waals surface area (Å²) in [4.78, 5) is 12.2. The number of hydrogen-bond acceptors (Lipinski definition) is 3. The van der Waals surface area contributed by atoms with Crippen molar-refractivity contribution in [2.24, 2.45) is 11.7 Å². The van der Waals surface area contributed by atoms with Gasteiger partial charge in [-0.2, -0.15) is 8.78 Å². The van der Waals surface area contributed by atoms with Gasteiger partial charge in [0.1, 0.15) is 11.6 Å². The Labute approximate surface area is 120 Å². The second-order valence-electron chi connectivity index (χ2n) is 5.03. The van der Waals surface area contributed by atoms with E-state index < -0.39 is 24.1 Å². The molecule has 1 aromatic carbocycles. The number of alkyl halides is 2. The molecule has 2 rings (SSSR count). The van der Waals surface area contributed by atoms with E-state index >= 15 is 0 Å². The summed E-state index contributed by atoms with van der Waals surface area (Å²) in [5.41, 5.74) is 5.52. The number of carbonyl (C=O) groups is 1. The molecular formula is C14H17F3N2O2. The third kappa shape index (κ3) is 3.87. The number of ether oxygens (including phenoxy) is 1. The second-order valence-corrected chi connectivity index (χ2v) is 5.03. The van der Waals surface area contributed by atoms with E-state index in [9.17, 15) is 18.0 Å². The lowest BCUT2D eigenvalue weighted by molar-refractivity contribution is -0.0503. The molecule has 1 aliphatic carbocycles. The fourth-order valence-electron chi connectivity index (χ4n) is 2.63. The maximum absolute atomic E-state index is 13.1. The Morgan fingerprint density at radius 3 is 2.86 bits per heavy atom. The lowest BCUT2D eigenvalue weighted by Gasteiger charge is -2.20. The predicted molar refractivity (Wildman–Crippen MR) is 70.7 cm³/mol. The van der Waals surface area contributed by atoms with E-state index in [1.54, 1.807) is 0 Å². The van der Waals surface area contributed by atoms with Crippen LogP contribution in [-0.4, -0.2) is 25.1 Å². The van der Waals surface area contributed by atoms with E-state index in [-0.39, 0.29) is 17.5 Å². The normalized spacial score (nSPS) is 21.6. The van der Waals surface area contributed by atoms with Gasteiger partial charge in [0, 0.05) is 12.1 Å². The van der Waals surface area contributed by atoms with E-state index in [1.807, 2.05) is 0 Å². The Hall–Kier alpha value is -1.76. The Morgan fingerprint density at radius 1 is 1.43 bits per heavy atom. The van der Waals surface area contributed by atoms with Crippen LogP contribution in [0.4, 0.5) is 13.2 Å². The molecule has 7 heteroatoms. The van der Waals surface area contributed by atoms with Crippen molar-refractivity contribution in [3.63, 3.8) is 0 Å². The van der Waals surface area contributed by atoms with Crippen LogP contribution in [-0.2, 0) is 0 Å². The molecule has 0 bridgehead atoms. The maximum Gasteiger partial charge on any atom is 0.387 e. The Morgan fingerprint density at radius 2 is 2.19 bits per heavy atom. The predicted octanol–water partition coefficient (Wildman–Crippen LogP) is 2.28. The number of benzene rings is 1. The van der Waals surface area contributed by atoms with Gasteiger partial charge in [-0.15, -0.1) is 0 Å². The van der Waals surface area contributed by atoms with Gasteiger partial charge in [-0.25, -0.2) is 4.39 Å². The highest BCUT2D eigenvalue weighted by Crippen LogP contribution is 2.27. The van der Waals surface area contributed by atoms with Crippen molar-refractivity contribution < 1.29 is 22.7 Å². The van der Waals surface area contributed by atoms with Gasteiger partial charge in [0.25, 0.3) is 5.91 Å². The highest BCUT2D eigenvalue weighted by molar-refractivity contribution is 5.97. The van der Waals surface area contributed by atoms with Gasteiger partial charge >= 0.3 is 6.61 Å². The quantitative estimate of drug-likeness (QED) is 0.877. The maximum atomic E-state index is 13.1. The topological polar surface area (TPSA) is 64.3 Å². The molecule has 116 valence electrons. The molecule has 0 heterocycles. The standard InChI is InChI=1S/C14H17F3N2O2/c15-9-4-5-10(12(6-9)21-14(16)17)13(20)19-11-3-1-2-8(11)7-18/h4-6,8,11,14H,1-3,7,18H2,(H,19,20). The SMILES string of the molecule is NCC1CCCC1NC(=O)c1ccc(F)cc1OC(F)F. The van der Waals surface area contributed by atoms with Crippen LogP contribution in [0, 0.1) is 11.7 Å². The number of carbonyl (C=O) groups excluding carboxylic acids is 1. The van der Waals surface area contributed by atoms with E-state index in [2.05, 4.69) is 10.1 Å². The lowest BCUT2D eigenvalue weighted by atomic mass is 10.0. The summed E-state index contributed by atoms with van der Waals surface area (Å²) in [6, 6.07) is 2.85. The lowest BCUT2D eigenvalue weighted by Crippen LogP contribution is -2.40. The molecule has 1 aromatic rings. The van der Waals surface area contributed by atoms with Crippen molar-refractivity contribution in [3.8, 4) is 5.75 Å². The highest BCUT2D eigenvalue weighted by atomic mass is 19.3. The van der Waals surface area contributed by atoms with Crippen LogP contribution in [0.1, 0.15) is 29.6 Å². The second kappa shape index (κ2) is 6.80. The highest BCUT2D eigenvalue weighted by Gasteiger charge is 2.28. The zero-order valence-electron chi connectivity index (χ0n) is 11.3. The van der Waals surface area contributed by atoms with Crippen LogP contribution in [0.5, 0.6) is 5.75 Å². The van der Waals surface area contributed by atoms with Crippen molar-refractivity contribution >= 4 is 5.91 Å². The minimum absolute atomic E-state index is 0.0908. The van der Waals surface area contributed by atoms with Gasteiger partial charge in [-0.05, 0) is 37.4 Å². The van der Waals surface area contributed by atoms with Crippen molar-refractivity contribution in [3.05, 3.63) is 29.6 Å². The smallest absolute Gasteiger partial charge is 0.387 e. The zero-order chi connectivity index (χ0) is 15.4. The van der Waals surface area contributed by atoms with E-state index in [0.717, 1.165) is 37.5 Å². The molecule has 0 radical (unpaired) electrons. The molecule has 1 aliphatic rings. The number of halogens is 3. The van der Waals surface area contributed by atoms with Crippen LogP contribution in [0.15, 0.2) is 18.2 Å². The van der Waals surface area contributed by atoms with Crippen LogP contribution in [0.2, 0.25) is 0 Å². The first-order valence-corrected chi connectivity index (χ1v) is 6.76. The molecule has 2 unspecified atom stereocenters. The van der Waals surface area contributed by atoms with Crippen molar-refractivity contribution in [1.82, 2.24) is 5.32 Å². The number of rotatable bonds is 5. The van der Waals surface area contributed by atoms with Gasteiger partial charge in [0.05, 0.1) is 5.56 Å². The number of nitrogens with one attached hydrogen (secondary N) is 1. The summed E-state index contributed by atoms with van der Waals surface area (Å²) in [5.74, 6) is -1.60. The molecule has 21 heavy (non-hydrogen) atoms. The monoisotopic (exact) mass is 302 g/mol. The Bertz CT molecular complexity index is 511. The Kier molecular flexibility index (Phi) is 5.06. The van der Waals surface area contributed by atoms with Gasteiger partial charge in [-0.1, -0.05) is 6.42 Å². The molecule has 0 aliphatic heterocycles. The molecular weight excluding hydrogens is 285 g/mol. The average Bonchev–Trinajstić information content (AvgIpc) is 2.85. The minimum Gasteiger partial charge on any atom is -0.434 e. The molecule has 1 saturated carbocycles. The molecule has 0 saturated heterocycles. The van der Waals surface area contributed by atoms with Crippen LogP contribution >= 0.6 is 0 Å². The third-order valence-corrected chi connectivity index (χ3v) is 3.68. The molecule has 1 fully saturated rings.